The lowest BCUT2D eigenvalue weighted by molar-refractivity contribution is 0.210. The minimum absolute atomic E-state index is 1.21. The maximum absolute atomic E-state index is 11.1. The highest BCUT2D eigenvalue weighted by atomic mass is 31.3. The van der Waals surface area contributed by atoms with E-state index in [0.29, 0.717) is 0 Å². The molecule has 0 saturated carbocycles. The number of hydrogen-bond acceptors (Lipinski definition) is 4. The van der Waals surface area contributed by atoms with Crippen LogP contribution in [-0.4, -0.2) is 25.0 Å². The summed E-state index contributed by atoms with van der Waals surface area (Å²) in [7, 11) is -2.15. The van der Waals surface area contributed by atoms with Crippen LogP contribution < -0.4 is 0 Å². The zero-order valence-corrected chi connectivity index (χ0v) is 8.47. The summed E-state index contributed by atoms with van der Waals surface area (Å²) >= 11 is 0. The highest BCUT2D eigenvalue weighted by molar-refractivity contribution is 7.66. The molecule has 0 bridgehead atoms. The minimum Gasteiger partial charge on any atom is -0.527 e. The van der Waals surface area contributed by atoms with E-state index in [-0.39, 0.29) is 0 Å². The standard InChI is InChI=1S/C4H12O5P2/c1-7-10(3,5)9-11(4,6)8-2/h7H,1H2,2-4H3. The second kappa shape index (κ2) is 3.83. The molecule has 1 N–H and O–H groups in total. The van der Waals surface area contributed by atoms with Crippen LogP contribution in [0.3, 0.4) is 0 Å². The molecule has 5 nitrogen and oxygen atoms in total. The Bertz CT molecular complexity index is 191. The Kier molecular flexibility index (Phi) is 3.95. The van der Waals surface area contributed by atoms with Gasteiger partial charge < -0.3 is 9.05 Å². The van der Waals surface area contributed by atoms with Gasteiger partial charge in [0, 0.05) is 13.8 Å². The van der Waals surface area contributed by atoms with Crippen molar-refractivity contribution >= 4 is 15.2 Å². The van der Waals surface area contributed by atoms with Crippen LogP contribution in [0.4, 0.5) is 0 Å². The van der Waals surface area contributed by atoms with Crippen LogP contribution in [0.2, 0.25) is 0 Å². The third kappa shape index (κ3) is 4.72. The molecule has 0 aliphatic heterocycles. The zero-order chi connectivity index (χ0) is 9.12. The zero-order valence-electron chi connectivity index (χ0n) is 6.68. The summed E-state index contributed by atoms with van der Waals surface area (Å²) in [5.74, 6) is 0. The lowest BCUT2D eigenvalue weighted by Gasteiger charge is -2.14. The molecule has 0 heterocycles. The van der Waals surface area contributed by atoms with Crippen LogP contribution in [0.25, 0.3) is 0 Å². The lowest BCUT2D eigenvalue weighted by Crippen LogP contribution is -1.92. The molecule has 0 fully saturated rings. The first-order valence-corrected chi connectivity index (χ1v) is 6.75. The molecule has 0 aromatic heterocycles. The van der Waals surface area contributed by atoms with Crippen LogP contribution in [0.5, 0.6) is 0 Å². The van der Waals surface area contributed by atoms with Crippen LogP contribution in [-0.2, 0) is 18.0 Å². The van der Waals surface area contributed by atoms with Crippen molar-refractivity contribution in [1.29, 1.82) is 0 Å². The van der Waals surface area contributed by atoms with Gasteiger partial charge in [0.25, 0.3) is 0 Å². The van der Waals surface area contributed by atoms with Crippen LogP contribution in [0.1, 0.15) is 0 Å². The third-order valence-corrected chi connectivity index (χ3v) is 4.46. The Balaban J connectivity index is 4.26. The van der Waals surface area contributed by atoms with E-state index in [1.807, 2.05) is 0 Å². The average Bonchev–Trinajstić information content (AvgIpc) is 1.86. The molecule has 0 aromatic carbocycles. The molecule has 11 heavy (non-hydrogen) atoms. The van der Waals surface area contributed by atoms with E-state index in [9.17, 15) is 9.13 Å². The molecule has 0 rings (SSSR count). The quantitative estimate of drug-likeness (QED) is 0.394. The summed E-state index contributed by atoms with van der Waals surface area (Å²) in [5.41, 5.74) is 0. The second-order valence-corrected chi connectivity index (χ2v) is 6.43. The van der Waals surface area contributed by atoms with Crippen molar-refractivity contribution in [1.82, 2.24) is 0 Å². The van der Waals surface area contributed by atoms with Gasteiger partial charge in [-0.3, -0.25) is 4.57 Å². The molecule has 0 aromatic rings. The van der Waals surface area contributed by atoms with Crippen molar-refractivity contribution in [2.75, 3.05) is 20.4 Å². The predicted molar refractivity (Wildman–Crippen MR) is 42.7 cm³/mol. The van der Waals surface area contributed by atoms with Crippen molar-refractivity contribution in [2.24, 2.45) is 0 Å². The number of hydrogen-bond donors (Lipinski definition) is 0. The number of rotatable bonds is 4. The van der Waals surface area contributed by atoms with Crippen LogP contribution >= 0.6 is 15.2 Å². The first-order chi connectivity index (χ1) is 4.83. The molecular weight excluding hydrogens is 190 g/mol. The smallest absolute Gasteiger partial charge is 0.451 e. The molecule has 0 radical (unpaired) electrons. The van der Waals surface area contributed by atoms with E-state index in [1.54, 1.807) is 0 Å². The molecule has 0 aliphatic carbocycles. The van der Waals surface area contributed by atoms with Gasteiger partial charge in [-0.2, -0.15) is 4.31 Å². The Labute approximate surface area is 66.1 Å². The van der Waals surface area contributed by atoms with Gasteiger partial charge in [0.15, 0.2) is 0 Å². The average molecular weight is 202 g/mol. The first-order valence-electron chi connectivity index (χ1n) is 2.73. The van der Waals surface area contributed by atoms with Gasteiger partial charge in [-0.25, -0.2) is 4.57 Å². The summed E-state index contributed by atoms with van der Waals surface area (Å²) in [6, 6.07) is 0. The fourth-order valence-corrected chi connectivity index (χ4v) is 3.01. The first kappa shape index (κ1) is 11.3. The SMILES string of the molecule is [CH2-][OH+]P(C)(=O)OP(C)(=O)OC. The van der Waals surface area contributed by atoms with Crippen molar-refractivity contribution in [3.8, 4) is 0 Å². The molecule has 0 aliphatic rings. The maximum Gasteiger partial charge on any atom is 0.451 e. The van der Waals surface area contributed by atoms with Crippen LogP contribution in [0.15, 0.2) is 0 Å². The van der Waals surface area contributed by atoms with E-state index in [0.717, 1.165) is 0 Å². The highest BCUT2D eigenvalue weighted by Crippen LogP contribution is 2.59. The van der Waals surface area contributed by atoms with E-state index in [4.69, 9.17) is 0 Å². The van der Waals surface area contributed by atoms with Gasteiger partial charge in [-0.05, 0) is 0 Å². The molecule has 68 valence electrons. The van der Waals surface area contributed by atoms with Crippen molar-refractivity contribution in [2.45, 2.75) is 0 Å². The van der Waals surface area contributed by atoms with Gasteiger partial charge in [0.05, 0.1) is 6.66 Å². The van der Waals surface area contributed by atoms with Gasteiger partial charge in [-0.15, -0.1) is 0 Å². The molecular formula is C4H12O5P2. The molecule has 7 heteroatoms. The molecule has 0 spiro atoms. The van der Waals surface area contributed by atoms with Gasteiger partial charge in [0.1, 0.15) is 0 Å². The summed E-state index contributed by atoms with van der Waals surface area (Å²) in [5, 5.41) is 0. The van der Waals surface area contributed by atoms with Crippen LogP contribution in [0, 0.1) is 7.11 Å². The van der Waals surface area contributed by atoms with Crippen molar-refractivity contribution < 1.29 is 22.5 Å². The topological polar surface area (TPSA) is 65.4 Å². The lowest BCUT2D eigenvalue weighted by atomic mass is 11.8. The van der Waals surface area contributed by atoms with Gasteiger partial charge >= 0.3 is 15.2 Å². The number of aliphatic hydroxyl groups is 1. The Morgan fingerprint density at radius 2 is 1.82 bits per heavy atom. The largest absolute Gasteiger partial charge is 0.527 e. The maximum atomic E-state index is 11.1. The Morgan fingerprint density at radius 3 is 2.09 bits per heavy atom. The van der Waals surface area contributed by atoms with E-state index in [2.05, 4.69) is 20.5 Å². The second-order valence-electron chi connectivity index (χ2n) is 1.98. The molecule has 2 atom stereocenters. The van der Waals surface area contributed by atoms with Gasteiger partial charge in [-0.1, -0.05) is 7.11 Å². The summed E-state index contributed by atoms with van der Waals surface area (Å²) in [4.78, 5) is 0. The highest BCUT2D eigenvalue weighted by Gasteiger charge is 2.30. The van der Waals surface area contributed by atoms with Gasteiger partial charge in [0.2, 0.25) is 0 Å². The molecule has 0 amide bonds. The Morgan fingerprint density at radius 1 is 1.36 bits per heavy atom. The fraction of sp³-hybridized carbons (Fsp3) is 0.750. The van der Waals surface area contributed by atoms with Crippen molar-refractivity contribution in [3.05, 3.63) is 7.11 Å². The molecule has 2 unspecified atom stereocenters. The normalized spacial score (nSPS) is 22.2. The summed E-state index contributed by atoms with van der Waals surface area (Å²) < 4.78 is 34.3. The monoisotopic (exact) mass is 202 g/mol. The molecule has 0 saturated heterocycles. The van der Waals surface area contributed by atoms with E-state index < -0.39 is 15.2 Å². The third-order valence-electron chi connectivity index (χ3n) is 0.888. The fourth-order valence-electron chi connectivity index (χ4n) is 0.334. The van der Waals surface area contributed by atoms with E-state index in [1.165, 1.54) is 20.4 Å². The summed E-state index contributed by atoms with van der Waals surface area (Å²) in [6.45, 7) is 2.43. The van der Waals surface area contributed by atoms with Crippen molar-refractivity contribution in [3.63, 3.8) is 0 Å². The Hall–Kier alpha value is 0.340. The minimum atomic E-state index is -3.21. The predicted octanol–water partition coefficient (Wildman–Crippen LogP) is 1.61. The van der Waals surface area contributed by atoms with E-state index >= 15 is 0 Å². The summed E-state index contributed by atoms with van der Waals surface area (Å²) in [6.07, 6.45) is 0.